The fourth-order valence-electron chi connectivity index (χ4n) is 2.22. The Morgan fingerprint density at radius 2 is 1.67 bits per heavy atom. The van der Waals surface area contributed by atoms with Crippen LogP contribution in [0.1, 0.15) is 25.6 Å². The molecule has 0 aliphatic carbocycles. The molecule has 0 aliphatic rings. The zero-order valence-corrected chi connectivity index (χ0v) is 16.9. The Balaban J connectivity index is 2.13. The van der Waals surface area contributed by atoms with E-state index < -0.39 is 11.9 Å². The van der Waals surface area contributed by atoms with Crippen molar-refractivity contribution in [2.45, 2.75) is 11.8 Å². The molecule has 2 aromatic rings. The summed E-state index contributed by atoms with van der Waals surface area (Å²) in [6.07, 6.45) is 0. The lowest BCUT2D eigenvalue weighted by Gasteiger charge is -2.06. The maximum Gasteiger partial charge on any atom is 0.348 e. The number of carbonyl (C=O) groups is 3. The largest absolute Gasteiger partial charge is 0.497 e. The number of esters is 2. The normalized spacial score (nSPS) is 10.2. The van der Waals surface area contributed by atoms with Gasteiger partial charge in [0.15, 0.2) is 0 Å². The summed E-state index contributed by atoms with van der Waals surface area (Å²) >= 11 is 2.32. The van der Waals surface area contributed by atoms with Gasteiger partial charge in [-0.15, -0.1) is 23.1 Å². The minimum Gasteiger partial charge on any atom is -0.497 e. The average molecular weight is 409 g/mol. The third-order valence-corrected chi connectivity index (χ3v) is 5.79. The summed E-state index contributed by atoms with van der Waals surface area (Å²) in [6, 6.07) is 7.31. The van der Waals surface area contributed by atoms with Gasteiger partial charge < -0.3 is 19.5 Å². The van der Waals surface area contributed by atoms with Crippen LogP contribution in [0.2, 0.25) is 0 Å². The van der Waals surface area contributed by atoms with Gasteiger partial charge in [0.05, 0.1) is 32.6 Å². The molecule has 144 valence electrons. The van der Waals surface area contributed by atoms with Gasteiger partial charge in [-0.1, -0.05) is 0 Å². The van der Waals surface area contributed by atoms with Crippen LogP contribution in [0.4, 0.5) is 5.00 Å². The highest BCUT2D eigenvalue weighted by molar-refractivity contribution is 8.00. The van der Waals surface area contributed by atoms with E-state index in [4.69, 9.17) is 14.2 Å². The smallest absolute Gasteiger partial charge is 0.348 e. The molecule has 9 heteroatoms. The molecule has 1 aromatic heterocycles. The Morgan fingerprint density at radius 3 is 2.22 bits per heavy atom. The van der Waals surface area contributed by atoms with Crippen molar-refractivity contribution < 1.29 is 28.6 Å². The number of hydrogen-bond acceptors (Lipinski definition) is 8. The van der Waals surface area contributed by atoms with Crippen LogP contribution in [0, 0.1) is 6.92 Å². The minimum atomic E-state index is -0.628. The Bertz CT molecular complexity index is 844. The maximum absolute atomic E-state index is 12.3. The third-order valence-electron chi connectivity index (χ3n) is 3.59. The van der Waals surface area contributed by atoms with Gasteiger partial charge in [0.1, 0.15) is 15.6 Å². The van der Waals surface area contributed by atoms with Gasteiger partial charge in [-0.25, -0.2) is 9.59 Å². The number of hydrogen-bond donors (Lipinski definition) is 1. The number of nitrogens with one attached hydrogen (secondary N) is 1. The monoisotopic (exact) mass is 409 g/mol. The summed E-state index contributed by atoms with van der Waals surface area (Å²) in [5, 5.41) is 2.95. The molecule has 1 heterocycles. The van der Waals surface area contributed by atoms with Crippen LogP contribution in [0.5, 0.6) is 5.75 Å². The molecule has 1 aromatic carbocycles. The van der Waals surface area contributed by atoms with Gasteiger partial charge in [-0.2, -0.15) is 0 Å². The summed E-state index contributed by atoms with van der Waals surface area (Å²) in [6.45, 7) is 1.61. The van der Waals surface area contributed by atoms with Crippen LogP contribution in [0.15, 0.2) is 29.2 Å². The first-order valence-corrected chi connectivity index (χ1v) is 9.58. The molecule has 0 saturated carbocycles. The van der Waals surface area contributed by atoms with Crippen LogP contribution in [0.3, 0.4) is 0 Å². The number of anilines is 1. The maximum atomic E-state index is 12.3. The molecule has 0 bridgehead atoms. The molecule has 7 nitrogen and oxygen atoms in total. The van der Waals surface area contributed by atoms with E-state index in [1.165, 1.54) is 26.0 Å². The molecule has 0 aliphatic heterocycles. The lowest BCUT2D eigenvalue weighted by molar-refractivity contribution is -0.113. The molecular formula is C18H19NO6S2. The summed E-state index contributed by atoms with van der Waals surface area (Å²) in [5.74, 6) is -0.639. The predicted octanol–water partition coefficient (Wildman–Crippen LogP) is 3.37. The molecule has 2 rings (SSSR count). The van der Waals surface area contributed by atoms with Crippen LogP contribution >= 0.6 is 23.1 Å². The summed E-state index contributed by atoms with van der Waals surface area (Å²) in [7, 11) is 4.07. The van der Waals surface area contributed by atoms with E-state index in [0.29, 0.717) is 5.56 Å². The van der Waals surface area contributed by atoms with E-state index in [9.17, 15) is 14.4 Å². The molecule has 1 amide bonds. The van der Waals surface area contributed by atoms with Gasteiger partial charge in [0.25, 0.3) is 0 Å². The highest BCUT2D eigenvalue weighted by Gasteiger charge is 2.26. The molecule has 0 saturated heterocycles. The van der Waals surface area contributed by atoms with Crippen molar-refractivity contribution in [2.75, 3.05) is 32.4 Å². The molecule has 0 unspecified atom stereocenters. The van der Waals surface area contributed by atoms with Crippen LogP contribution < -0.4 is 10.1 Å². The topological polar surface area (TPSA) is 90.9 Å². The van der Waals surface area contributed by atoms with Crippen molar-refractivity contribution in [2.24, 2.45) is 0 Å². The SMILES string of the molecule is COC(=O)c1sc(NC(=O)CSc2ccc(OC)cc2)c(C(=O)OC)c1C. The second kappa shape index (κ2) is 9.43. The first-order chi connectivity index (χ1) is 12.9. The average Bonchev–Trinajstić information content (AvgIpc) is 3.01. The Labute approximate surface area is 165 Å². The van der Waals surface area contributed by atoms with Crippen LogP contribution in [-0.4, -0.2) is 44.9 Å². The van der Waals surface area contributed by atoms with Gasteiger partial charge >= 0.3 is 11.9 Å². The van der Waals surface area contributed by atoms with Gasteiger partial charge in [-0.3, -0.25) is 4.79 Å². The van der Waals surface area contributed by atoms with E-state index in [1.54, 1.807) is 26.2 Å². The van der Waals surface area contributed by atoms with E-state index in [2.05, 4.69) is 5.32 Å². The quantitative estimate of drug-likeness (QED) is 0.554. The number of rotatable bonds is 7. The van der Waals surface area contributed by atoms with E-state index in [0.717, 1.165) is 22.0 Å². The molecule has 0 fully saturated rings. The summed E-state index contributed by atoms with van der Waals surface area (Å²) in [5.41, 5.74) is 0.572. The zero-order valence-electron chi connectivity index (χ0n) is 15.3. The predicted molar refractivity (Wildman–Crippen MR) is 104 cm³/mol. The van der Waals surface area contributed by atoms with Gasteiger partial charge in [0, 0.05) is 4.90 Å². The number of amides is 1. The third kappa shape index (κ3) is 5.01. The van der Waals surface area contributed by atoms with Crippen molar-refractivity contribution >= 4 is 45.9 Å². The first-order valence-electron chi connectivity index (χ1n) is 7.78. The van der Waals surface area contributed by atoms with Crippen LogP contribution in [-0.2, 0) is 14.3 Å². The minimum absolute atomic E-state index is 0.136. The van der Waals surface area contributed by atoms with Crippen molar-refractivity contribution in [1.29, 1.82) is 0 Å². The van der Waals surface area contributed by atoms with E-state index >= 15 is 0 Å². The van der Waals surface area contributed by atoms with Crippen molar-refractivity contribution in [3.05, 3.63) is 40.3 Å². The molecule has 27 heavy (non-hydrogen) atoms. The Hall–Kier alpha value is -2.52. The number of benzene rings is 1. The number of thiophene rings is 1. The number of thioether (sulfide) groups is 1. The molecule has 0 spiro atoms. The number of methoxy groups -OCH3 is 3. The van der Waals surface area contributed by atoms with Crippen molar-refractivity contribution in [1.82, 2.24) is 0 Å². The van der Waals surface area contributed by atoms with Gasteiger partial charge in [0.2, 0.25) is 5.91 Å². The lowest BCUT2D eigenvalue weighted by atomic mass is 10.1. The summed E-state index contributed by atoms with van der Waals surface area (Å²) < 4.78 is 14.6. The van der Waals surface area contributed by atoms with E-state index in [-0.39, 0.29) is 27.1 Å². The summed E-state index contributed by atoms with van der Waals surface area (Å²) in [4.78, 5) is 37.4. The van der Waals surface area contributed by atoms with Crippen molar-refractivity contribution in [3.8, 4) is 5.75 Å². The molecular weight excluding hydrogens is 390 g/mol. The first kappa shape index (κ1) is 20.8. The van der Waals surface area contributed by atoms with E-state index in [1.807, 2.05) is 12.1 Å². The fourth-order valence-corrected chi connectivity index (χ4v) is 4.05. The van der Waals surface area contributed by atoms with Crippen LogP contribution in [0.25, 0.3) is 0 Å². The standard InChI is InChI=1S/C18H19NO6S2/c1-10-14(17(21)24-3)16(27-15(10)18(22)25-4)19-13(20)9-26-12-7-5-11(23-2)6-8-12/h5-8H,9H2,1-4H3,(H,19,20). The number of ether oxygens (including phenoxy) is 3. The zero-order chi connectivity index (χ0) is 20.0. The highest BCUT2D eigenvalue weighted by Crippen LogP contribution is 2.34. The second-order valence-corrected chi connectivity index (χ2v) is 7.33. The van der Waals surface area contributed by atoms with Crippen molar-refractivity contribution in [3.63, 3.8) is 0 Å². The molecule has 0 radical (unpaired) electrons. The number of carbonyl (C=O) groups excluding carboxylic acids is 3. The molecule has 0 atom stereocenters. The highest BCUT2D eigenvalue weighted by atomic mass is 32.2. The lowest BCUT2D eigenvalue weighted by Crippen LogP contribution is -2.16. The fraction of sp³-hybridized carbons (Fsp3) is 0.278. The Kier molecular flexibility index (Phi) is 7.26. The van der Waals surface area contributed by atoms with Gasteiger partial charge in [-0.05, 0) is 36.8 Å². The molecule has 1 N–H and O–H groups in total. The second-order valence-electron chi connectivity index (χ2n) is 5.26. The Morgan fingerprint density at radius 1 is 1.04 bits per heavy atom.